The van der Waals surface area contributed by atoms with Crippen molar-refractivity contribution in [3.05, 3.63) is 25.3 Å². The Morgan fingerprint density at radius 3 is 1.92 bits per heavy atom. The van der Waals surface area contributed by atoms with Gasteiger partial charge in [0.05, 0.1) is 6.10 Å². The summed E-state index contributed by atoms with van der Waals surface area (Å²) in [6.07, 6.45) is 4.93. The van der Waals surface area contributed by atoms with Crippen LogP contribution in [0.1, 0.15) is 34.1 Å². The van der Waals surface area contributed by atoms with Crippen LogP contribution < -0.4 is 0 Å². The Morgan fingerprint density at radius 2 is 1.62 bits per heavy atom. The molecule has 0 aliphatic heterocycles. The molecule has 0 unspecified atom stereocenters. The van der Waals surface area contributed by atoms with Gasteiger partial charge < -0.3 is 5.11 Å². The molecule has 0 aliphatic carbocycles. The SMILES string of the molecule is C.C=CC[C@H](C(C)C)[C@@H](O)CC=C. The van der Waals surface area contributed by atoms with Crippen LogP contribution in [0.2, 0.25) is 0 Å². The van der Waals surface area contributed by atoms with Crippen molar-refractivity contribution in [3.63, 3.8) is 0 Å². The van der Waals surface area contributed by atoms with Gasteiger partial charge >= 0.3 is 0 Å². The summed E-state index contributed by atoms with van der Waals surface area (Å²) in [5.41, 5.74) is 0. The first-order valence-electron chi connectivity index (χ1n) is 4.53. The zero-order valence-corrected chi connectivity index (χ0v) is 8.16. The van der Waals surface area contributed by atoms with Crippen LogP contribution in [0.25, 0.3) is 0 Å². The van der Waals surface area contributed by atoms with Gasteiger partial charge in [-0.15, -0.1) is 13.2 Å². The van der Waals surface area contributed by atoms with Crippen LogP contribution in [0.15, 0.2) is 25.3 Å². The van der Waals surface area contributed by atoms with Gasteiger partial charge in [0.1, 0.15) is 0 Å². The summed E-state index contributed by atoms with van der Waals surface area (Å²) in [7, 11) is 0. The standard InChI is InChI=1S/C11H20O.CH4/c1-5-7-10(9(3)4)11(12)8-6-2;/h5-6,9-12H,1-2,7-8H2,3-4H3;1H4/t10-,11+;/m1./s1. The third-order valence-electron chi connectivity index (χ3n) is 2.20. The largest absolute Gasteiger partial charge is 0.392 e. The van der Waals surface area contributed by atoms with Crippen LogP contribution in [0.5, 0.6) is 0 Å². The lowest BCUT2D eigenvalue weighted by molar-refractivity contribution is 0.0855. The molecule has 78 valence electrons. The summed E-state index contributed by atoms with van der Waals surface area (Å²) in [5.74, 6) is 0.818. The quantitative estimate of drug-likeness (QED) is 0.627. The number of allylic oxidation sites excluding steroid dienone is 1. The molecule has 1 nitrogen and oxygen atoms in total. The Kier molecular flexibility index (Phi) is 9.26. The van der Waals surface area contributed by atoms with Gasteiger partial charge in [0.15, 0.2) is 0 Å². The van der Waals surface area contributed by atoms with Gasteiger partial charge in [-0.05, 0) is 24.7 Å². The summed E-state index contributed by atoms with van der Waals surface area (Å²) < 4.78 is 0. The van der Waals surface area contributed by atoms with Gasteiger partial charge in [-0.3, -0.25) is 0 Å². The van der Waals surface area contributed by atoms with E-state index in [1.165, 1.54) is 0 Å². The number of hydrogen-bond donors (Lipinski definition) is 1. The lowest BCUT2D eigenvalue weighted by Gasteiger charge is -2.24. The zero-order chi connectivity index (χ0) is 9.56. The molecule has 0 fully saturated rings. The third kappa shape index (κ3) is 5.64. The monoisotopic (exact) mass is 184 g/mol. The van der Waals surface area contributed by atoms with E-state index in [0.29, 0.717) is 18.3 Å². The second kappa shape index (κ2) is 8.06. The first-order valence-corrected chi connectivity index (χ1v) is 4.53. The van der Waals surface area contributed by atoms with E-state index in [0.717, 1.165) is 6.42 Å². The predicted octanol–water partition coefficient (Wildman–Crippen LogP) is 3.41. The average molecular weight is 184 g/mol. The Hall–Kier alpha value is -0.560. The molecule has 0 rings (SSSR count). The van der Waals surface area contributed by atoms with E-state index in [1.54, 1.807) is 6.08 Å². The maximum absolute atomic E-state index is 9.69. The molecule has 2 atom stereocenters. The molecule has 1 N–H and O–H groups in total. The van der Waals surface area contributed by atoms with Crippen molar-refractivity contribution in [2.45, 2.75) is 40.2 Å². The number of hydrogen-bond acceptors (Lipinski definition) is 1. The Bertz CT molecular complexity index is 138. The summed E-state index contributed by atoms with van der Waals surface area (Å²) in [6, 6.07) is 0. The molecule has 0 saturated heterocycles. The van der Waals surface area contributed by atoms with E-state index in [2.05, 4.69) is 27.0 Å². The van der Waals surface area contributed by atoms with Gasteiger partial charge in [0.2, 0.25) is 0 Å². The maximum atomic E-state index is 9.69. The van der Waals surface area contributed by atoms with Gasteiger partial charge in [0.25, 0.3) is 0 Å². The number of aliphatic hydroxyl groups is 1. The lowest BCUT2D eigenvalue weighted by atomic mass is 9.86. The highest BCUT2D eigenvalue weighted by Crippen LogP contribution is 2.21. The fourth-order valence-corrected chi connectivity index (χ4v) is 1.41. The molecule has 0 aromatic heterocycles. The summed E-state index contributed by atoms with van der Waals surface area (Å²) in [5, 5.41) is 9.69. The zero-order valence-electron chi connectivity index (χ0n) is 8.16. The molecule has 13 heavy (non-hydrogen) atoms. The van der Waals surface area contributed by atoms with E-state index in [1.807, 2.05) is 6.08 Å². The number of rotatable bonds is 6. The topological polar surface area (TPSA) is 20.2 Å². The lowest BCUT2D eigenvalue weighted by Crippen LogP contribution is -2.24. The number of aliphatic hydroxyl groups excluding tert-OH is 1. The predicted molar refractivity (Wildman–Crippen MR) is 60.7 cm³/mol. The molecule has 0 heterocycles. The third-order valence-corrected chi connectivity index (χ3v) is 2.20. The van der Waals surface area contributed by atoms with Gasteiger partial charge in [-0.1, -0.05) is 33.4 Å². The molecular weight excluding hydrogens is 160 g/mol. The highest BCUT2D eigenvalue weighted by atomic mass is 16.3. The van der Waals surface area contributed by atoms with Crippen molar-refractivity contribution < 1.29 is 5.11 Å². The summed E-state index contributed by atoms with van der Waals surface area (Å²) in [6.45, 7) is 11.6. The molecule has 0 saturated carbocycles. The van der Waals surface area contributed by atoms with Crippen molar-refractivity contribution in [1.29, 1.82) is 0 Å². The van der Waals surface area contributed by atoms with Gasteiger partial charge in [0, 0.05) is 0 Å². The Morgan fingerprint density at radius 1 is 1.15 bits per heavy atom. The fraction of sp³-hybridized carbons (Fsp3) is 0.667. The van der Waals surface area contributed by atoms with Crippen molar-refractivity contribution in [3.8, 4) is 0 Å². The van der Waals surface area contributed by atoms with Crippen molar-refractivity contribution in [2.24, 2.45) is 11.8 Å². The minimum atomic E-state index is -0.263. The molecule has 0 bridgehead atoms. The Labute approximate surface area is 83.2 Å². The van der Waals surface area contributed by atoms with Crippen LogP contribution in [0, 0.1) is 11.8 Å². The van der Waals surface area contributed by atoms with Gasteiger partial charge in [-0.25, -0.2) is 0 Å². The van der Waals surface area contributed by atoms with Crippen LogP contribution in [0.3, 0.4) is 0 Å². The van der Waals surface area contributed by atoms with Crippen LogP contribution in [0.4, 0.5) is 0 Å². The van der Waals surface area contributed by atoms with Crippen LogP contribution in [-0.4, -0.2) is 11.2 Å². The van der Waals surface area contributed by atoms with Crippen molar-refractivity contribution in [1.82, 2.24) is 0 Å². The van der Waals surface area contributed by atoms with Gasteiger partial charge in [-0.2, -0.15) is 0 Å². The van der Waals surface area contributed by atoms with Crippen LogP contribution >= 0.6 is 0 Å². The average Bonchev–Trinajstić information content (AvgIpc) is 1.99. The Balaban J connectivity index is 0. The smallest absolute Gasteiger partial charge is 0.0608 e. The van der Waals surface area contributed by atoms with Crippen molar-refractivity contribution >= 4 is 0 Å². The molecule has 0 radical (unpaired) electrons. The van der Waals surface area contributed by atoms with E-state index in [-0.39, 0.29) is 13.5 Å². The molecule has 0 aromatic carbocycles. The minimum Gasteiger partial charge on any atom is -0.392 e. The normalized spacial score (nSPS) is 14.5. The summed E-state index contributed by atoms with van der Waals surface area (Å²) in [4.78, 5) is 0. The van der Waals surface area contributed by atoms with E-state index in [9.17, 15) is 5.11 Å². The van der Waals surface area contributed by atoms with E-state index < -0.39 is 0 Å². The van der Waals surface area contributed by atoms with E-state index in [4.69, 9.17) is 0 Å². The molecule has 0 aliphatic rings. The molecule has 1 heteroatoms. The second-order valence-electron chi connectivity index (χ2n) is 3.52. The molecule has 0 aromatic rings. The minimum absolute atomic E-state index is 0. The first-order chi connectivity index (χ1) is 5.63. The molecule has 0 amide bonds. The van der Waals surface area contributed by atoms with E-state index >= 15 is 0 Å². The second-order valence-corrected chi connectivity index (χ2v) is 3.52. The highest BCUT2D eigenvalue weighted by Gasteiger charge is 2.19. The first kappa shape index (κ1) is 14.9. The molecule has 0 spiro atoms. The highest BCUT2D eigenvalue weighted by molar-refractivity contribution is 4.84. The van der Waals surface area contributed by atoms with Crippen LogP contribution in [-0.2, 0) is 0 Å². The summed E-state index contributed by atoms with van der Waals surface area (Å²) >= 11 is 0. The fourth-order valence-electron chi connectivity index (χ4n) is 1.41. The maximum Gasteiger partial charge on any atom is 0.0608 e. The van der Waals surface area contributed by atoms with Crippen molar-refractivity contribution in [2.75, 3.05) is 0 Å². The molecular formula is C12H24O.